The fraction of sp³-hybridized carbons (Fsp3) is 0.273. The predicted octanol–water partition coefficient (Wildman–Crippen LogP) is 3.47. The number of thiophene rings is 2. The van der Waals surface area contributed by atoms with E-state index in [-0.39, 0.29) is 17.9 Å². The molecular formula is C22H23N3O2S2. The van der Waals surface area contributed by atoms with E-state index in [1.807, 2.05) is 64.2 Å². The van der Waals surface area contributed by atoms with Gasteiger partial charge in [-0.25, -0.2) is 0 Å². The average Bonchev–Trinajstić information content (AvgIpc) is 3.47. The first kappa shape index (κ1) is 19.8. The first-order valence-electron chi connectivity index (χ1n) is 9.63. The minimum absolute atomic E-state index is 0.00489. The molecule has 0 saturated carbocycles. The summed E-state index contributed by atoms with van der Waals surface area (Å²) in [6, 6.07) is 17.7. The zero-order valence-corrected chi connectivity index (χ0v) is 17.6. The van der Waals surface area contributed by atoms with E-state index in [1.165, 1.54) is 11.3 Å². The van der Waals surface area contributed by atoms with Crippen LogP contribution in [0.1, 0.15) is 26.2 Å². The Morgan fingerprint density at radius 3 is 2.28 bits per heavy atom. The van der Waals surface area contributed by atoms with Crippen molar-refractivity contribution in [2.24, 2.45) is 0 Å². The minimum atomic E-state index is -0.134. The summed E-state index contributed by atoms with van der Waals surface area (Å²) in [4.78, 5) is 31.1. The van der Waals surface area contributed by atoms with Gasteiger partial charge in [-0.05, 0) is 28.5 Å². The number of carbonyl (C=O) groups is 2. The Hall–Kier alpha value is -2.48. The van der Waals surface area contributed by atoms with E-state index in [2.05, 4.69) is 16.3 Å². The Balaban J connectivity index is 1.33. The molecule has 1 unspecified atom stereocenters. The van der Waals surface area contributed by atoms with Gasteiger partial charge < -0.3 is 10.2 Å². The van der Waals surface area contributed by atoms with E-state index in [0.717, 1.165) is 15.3 Å². The molecule has 150 valence electrons. The molecule has 1 atom stereocenters. The van der Waals surface area contributed by atoms with Crippen LogP contribution in [0, 0.1) is 0 Å². The highest BCUT2D eigenvalue weighted by atomic mass is 32.1. The lowest BCUT2D eigenvalue weighted by molar-refractivity contribution is -0.123. The maximum Gasteiger partial charge on any atom is 0.264 e. The predicted molar refractivity (Wildman–Crippen MR) is 117 cm³/mol. The summed E-state index contributed by atoms with van der Waals surface area (Å²) < 4.78 is 0. The fourth-order valence-electron chi connectivity index (χ4n) is 3.49. The van der Waals surface area contributed by atoms with Gasteiger partial charge in [0.15, 0.2) is 0 Å². The van der Waals surface area contributed by atoms with E-state index in [1.54, 1.807) is 11.3 Å². The summed E-state index contributed by atoms with van der Waals surface area (Å²) in [7, 11) is 0. The summed E-state index contributed by atoms with van der Waals surface area (Å²) in [6.45, 7) is 3.06. The molecule has 3 aromatic rings. The number of hydrogen-bond acceptors (Lipinski definition) is 5. The van der Waals surface area contributed by atoms with Gasteiger partial charge in [-0.15, -0.1) is 22.7 Å². The van der Waals surface area contributed by atoms with Crippen LogP contribution in [0.15, 0.2) is 65.4 Å². The molecule has 1 aliphatic heterocycles. The van der Waals surface area contributed by atoms with E-state index < -0.39 is 0 Å². The molecule has 0 spiro atoms. The van der Waals surface area contributed by atoms with Gasteiger partial charge in [0.1, 0.15) is 0 Å². The Bertz CT molecular complexity index is 918. The molecule has 1 fully saturated rings. The van der Waals surface area contributed by atoms with Crippen LogP contribution >= 0.6 is 22.7 Å². The van der Waals surface area contributed by atoms with Crippen LogP contribution in [0.4, 0.5) is 0 Å². The Morgan fingerprint density at radius 2 is 1.62 bits per heavy atom. The minimum Gasteiger partial charge on any atom is -0.343 e. The zero-order chi connectivity index (χ0) is 20.1. The third-order valence-corrected chi connectivity index (χ3v) is 6.82. The highest BCUT2D eigenvalue weighted by Gasteiger charge is 2.25. The number of piperazine rings is 1. The summed E-state index contributed by atoms with van der Waals surface area (Å²) in [6.07, 6.45) is 0. The molecule has 0 bridgehead atoms. The van der Waals surface area contributed by atoms with Gasteiger partial charge in [-0.1, -0.05) is 42.5 Å². The lowest BCUT2D eigenvalue weighted by Crippen LogP contribution is -2.51. The molecule has 3 heterocycles. The quantitative estimate of drug-likeness (QED) is 0.658. The van der Waals surface area contributed by atoms with Gasteiger partial charge >= 0.3 is 0 Å². The third kappa shape index (κ3) is 4.93. The Labute approximate surface area is 178 Å². The molecule has 1 saturated heterocycles. The van der Waals surface area contributed by atoms with Crippen molar-refractivity contribution in [1.29, 1.82) is 0 Å². The van der Waals surface area contributed by atoms with Crippen LogP contribution in [-0.2, 0) is 4.79 Å². The van der Waals surface area contributed by atoms with Crippen molar-refractivity contribution in [3.05, 3.63) is 80.7 Å². The highest BCUT2D eigenvalue weighted by molar-refractivity contribution is 7.12. The van der Waals surface area contributed by atoms with Crippen LogP contribution in [0.25, 0.3) is 0 Å². The fourth-order valence-corrected chi connectivity index (χ4v) is 4.99. The van der Waals surface area contributed by atoms with Crippen LogP contribution < -0.4 is 5.32 Å². The van der Waals surface area contributed by atoms with Gasteiger partial charge in [0.05, 0.1) is 17.5 Å². The average molecular weight is 426 g/mol. The SMILES string of the molecule is O=C(CN1CCN(C(=O)c2cccs2)CC1)NC(c1ccccc1)c1cccs1. The number of benzene rings is 1. The topological polar surface area (TPSA) is 52.7 Å². The number of amides is 2. The molecule has 5 nitrogen and oxygen atoms in total. The maximum absolute atomic E-state index is 12.8. The second-order valence-corrected chi connectivity index (χ2v) is 8.90. The molecule has 2 amide bonds. The van der Waals surface area contributed by atoms with E-state index in [4.69, 9.17) is 0 Å². The van der Waals surface area contributed by atoms with Crippen molar-refractivity contribution in [1.82, 2.24) is 15.1 Å². The molecule has 29 heavy (non-hydrogen) atoms. The lowest BCUT2D eigenvalue weighted by atomic mass is 10.1. The molecule has 7 heteroatoms. The smallest absolute Gasteiger partial charge is 0.264 e. The van der Waals surface area contributed by atoms with Crippen LogP contribution in [0.5, 0.6) is 0 Å². The lowest BCUT2D eigenvalue weighted by Gasteiger charge is -2.34. The van der Waals surface area contributed by atoms with Crippen molar-refractivity contribution in [2.45, 2.75) is 6.04 Å². The monoisotopic (exact) mass is 425 g/mol. The molecule has 1 N–H and O–H groups in total. The van der Waals surface area contributed by atoms with Gasteiger partial charge in [0.25, 0.3) is 5.91 Å². The molecule has 0 aliphatic carbocycles. The van der Waals surface area contributed by atoms with Gasteiger partial charge in [-0.2, -0.15) is 0 Å². The van der Waals surface area contributed by atoms with Crippen molar-refractivity contribution >= 4 is 34.5 Å². The number of nitrogens with zero attached hydrogens (tertiary/aromatic N) is 2. The first-order valence-corrected chi connectivity index (χ1v) is 11.4. The van der Waals surface area contributed by atoms with Gasteiger partial charge in [-0.3, -0.25) is 14.5 Å². The molecule has 1 aromatic carbocycles. The van der Waals surface area contributed by atoms with Crippen molar-refractivity contribution < 1.29 is 9.59 Å². The zero-order valence-electron chi connectivity index (χ0n) is 16.0. The molecular weight excluding hydrogens is 402 g/mol. The Kier molecular flexibility index (Phi) is 6.39. The third-order valence-electron chi connectivity index (χ3n) is 5.02. The van der Waals surface area contributed by atoms with E-state index in [0.29, 0.717) is 32.7 Å². The summed E-state index contributed by atoms with van der Waals surface area (Å²) in [5, 5.41) is 7.14. The van der Waals surface area contributed by atoms with E-state index in [9.17, 15) is 9.59 Å². The maximum atomic E-state index is 12.8. The largest absolute Gasteiger partial charge is 0.343 e. The summed E-state index contributed by atoms with van der Waals surface area (Å²) in [5.74, 6) is 0.0937. The van der Waals surface area contributed by atoms with Crippen molar-refractivity contribution in [2.75, 3.05) is 32.7 Å². The van der Waals surface area contributed by atoms with Crippen LogP contribution in [0.2, 0.25) is 0 Å². The number of nitrogens with one attached hydrogen (secondary N) is 1. The molecule has 4 rings (SSSR count). The van der Waals surface area contributed by atoms with E-state index >= 15 is 0 Å². The number of rotatable bonds is 6. The second-order valence-electron chi connectivity index (χ2n) is 6.97. The van der Waals surface area contributed by atoms with Gasteiger partial charge in [0, 0.05) is 31.1 Å². The molecule has 1 aliphatic rings. The van der Waals surface area contributed by atoms with Crippen LogP contribution in [-0.4, -0.2) is 54.3 Å². The van der Waals surface area contributed by atoms with Crippen molar-refractivity contribution in [3.63, 3.8) is 0 Å². The molecule has 2 aromatic heterocycles. The highest BCUT2D eigenvalue weighted by Crippen LogP contribution is 2.26. The first-order chi connectivity index (χ1) is 14.2. The number of hydrogen-bond donors (Lipinski definition) is 1. The second kappa shape index (κ2) is 9.35. The van der Waals surface area contributed by atoms with Crippen LogP contribution in [0.3, 0.4) is 0 Å². The normalized spacial score (nSPS) is 15.8. The van der Waals surface area contributed by atoms with Gasteiger partial charge in [0.2, 0.25) is 5.91 Å². The summed E-state index contributed by atoms with van der Waals surface area (Å²) in [5.41, 5.74) is 1.08. The molecule has 0 radical (unpaired) electrons. The Morgan fingerprint density at radius 1 is 0.897 bits per heavy atom. The summed E-state index contributed by atoms with van der Waals surface area (Å²) >= 11 is 3.12. The van der Waals surface area contributed by atoms with Crippen molar-refractivity contribution in [3.8, 4) is 0 Å². The number of carbonyl (C=O) groups excluding carboxylic acids is 2. The standard InChI is InChI=1S/C22H23N3O2S2/c26-20(23-21(18-8-4-14-28-18)17-6-2-1-3-7-17)16-24-10-12-25(13-11-24)22(27)19-9-5-15-29-19/h1-9,14-15,21H,10-13,16H2,(H,23,26).